The van der Waals surface area contributed by atoms with Crippen LogP contribution in [-0.4, -0.2) is 24.4 Å². The molecule has 1 unspecified atom stereocenters. The smallest absolute Gasteiger partial charge is 0.319 e. The fourth-order valence-electron chi connectivity index (χ4n) is 1.26. The van der Waals surface area contributed by atoms with Crippen LogP contribution in [0.2, 0.25) is 0 Å². The predicted octanol–water partition coefficient (Wildman–Crippen LogP) is 2.69. The van der Waals surface area contributed by atoms with Crippen molar-refractivity contribution in [3.05, 3.63) is 35.9 Å². The van der Waals surface area contributed by atoms with Gasteiger partial charge in [0.25, 0.3) is 0 Å². The first-order valence-corrected chi connectivity index (χ1v) is 7.17. The molecule has 0 saturated heterocycles. The van der Waals surface area contributed by atoms with Crippen LogP contribution < -0.4 is 5.73 Å². The maximum Gasteiger partial charge on any atom is 0.319 e. The molecule has 4 heteroatoms. The fourth-order valence-corrected chi connectivity index (χ4v) is 1.26. The van der Waals surface area contributed by atoms with Gasteiger partial charge >= 0.3 is 5.97 Å². The zero-order chi connectivity index (χ0) is 14.7. The van der Waals surface area contributed by atoms with Crippen molar-refractivity contribution in [2.75, 3.05) is 12.3 Å². The largest absolute Gasteiger partial charge is 0.461 e. The van der Waals surface area contributed by atoms with Gasteiger partial charge in [0, 0.05) is 6.42 Å². The number of hydrogen-bond donors (Lipinski definition) is 2. The van der Waals surface area contributed by atoms with Crippen molar-refractivity contribution >= 4 is 18.6 Å². The van der Waals surface area contributed by atoms with Crippen molar-refractivity contribution in [3.8, 4) is 0 Å². The SMILES string of the molecule is CC(C)CS.CC(Cc1ccccc1)OC(=O)CN. The van der Waals surface area contributed by atoms with Gasteiger partial charge in [-0.1, -0.05) is 44.2 Å². The van der Waals surface area contributed by atoms with Crippen LogP contribution in [0.5, 0.6) is 0 Å². The third-order valence-electron chi connectivity index (χ3n) is 2.23. The molecule has 108 valence electrons. The summed E-state index contributed by atoms with van der Waals surface area (Å²) in [6.07, 6.45) is 0.612. The molecule has 0 bridgehead atoms. The number of hydrogen-bond acceptors (Lipinski definition) is 4. The maximum atomic E-state index is 10.9. The Morgan fingerprint density at radius 1 is 1.26 bits per heavy atom. The van der Waals surface area contributed by atoms with Crippen LogP contribution in [0.1, 0.15) is 26.3 Å². The highest BCUT2D eigenvalue weighted by Crippen LogP contribution is 2.05. The molecule has 19 heavy (non-hydrogen) atoms. The van der Waals surface area contributed by atoms with Crippen LogP contribution in [0.3, 0.4) is 0 Å². The van der Waals surface area contributed by atoms with Crippen LogP contribution in [-0.2, 0) is 16.0 Å². The topological polar surface area (TPSA) is 52.3 Å². The molecule has 0 amide bonds. The first kappa shape index (κ1) is 18.0. The number of thiol groups is 1. The number of esters is 1. The monoisotopic (exact) mass is 283 g/mol. The normalized spacial score (nSPS) is 11.5. The van der Waals surface area contributed by atoms with Gasteiger partial charge in [-0.2, -0.15) is 12.6 Å². The lowest BCUT2D eigenvalue weighted by atomic mass is 10.1. The molecular weight excluding hydrogens is 258 g/mol. The van der Waals surface area contributed by atoms with Gasteiger partial charge in [0.2, 0.25) is 0 Å². The molecule has 3 nitrogen and oxygen atoms in total. The summed E-state index contributed by atoms with van der Waals surface area (Å²) in [6, 6.07) is 9.90. The Morgan fingerprint density at radius 3 is 2.21 bits per heavy atom. The minimum atomic E-state index is -0.353. The Labute approximate surface area is 121 Å². The molecule has 0 aromatic heterocycles. The highest BCUT2D eigenvalue weighted by molar-refractivity contribution is 7.80. The minimum Gasteiger partial charge on any atom is -0.461 e. The maximum absolute atomic E-state index is 10.9. The Morgan fingerprint density at radius 2 is 1.79 bits per heavy atom. The molecule has 1 atom stereocenters. The molecule has 0 saturated carbocycles. The van der Waals surface area contributed by atoms with E-state index in [9.17, 15) is 4.79 Å². The second-order valence-electron chi connectivity index (χ2n) is 4.77. The Balaban J connectivity index is 0.000000555. The van der Waals surface area contributed by atoms with Gasteiger partial charge in [-0.25, -0.2) is 0 Å². The van der Waals surface area contributed by atoms with E-state index < -0.39 is 0 Å². The van der Waals surface area contributed by atoms with Crippen molar-refractivity contribution in [2.24, 2.45) is 11.7 Å². The lowest BCUT2D eigenvalue weighted by Gasteiger charge is -2.12. The molecule has 0 aliphatic rings. The Kier molecular flexibility index (Phi) is 10.3. The average molecular weight is 283 g/mol. The van der Waals surface area contributed by atoms with Gasteiger partial charge in [-0.05, 0) is 24.2 Å². The summed E-state index contributed by atoms with van der Waals surface area (Å²) < 4.78 is 5.04. The van der Waals surface area contributed by atoms with E-state index in [-0.39, 0.29) is 18.6 Å². The highest BCUT2D eigenvalue weighted by atomic mass is 32.1. The number of carbonyl (C=O) groups excluding carboxylic acids is 1. The second kappa shape index (κ2) is 10.9. The average Bonchev–Trinajstić information content (AvgIpc) is 2.40. The van der Waals surface area contributed by atoms with Gasteiger partial charge in [-0.15, -0.1) is 0 Å². The van der Waals surface area contributed by atoms with Gasteiger partial charge in [0.05, 0.1) is 6.54 Å². The number of rotatable bonds is 5. The molecule has 0 radical (unpaired) electrons. The number of nitrogens with two attached hydrogens (primary N) is 1. The van der Waals surface area contributed by atoms with Gasteiger partial charge in [0.15, 0.2) is 0 Å². The highest BCUT2D eigenvalue weighted by Gasteiger charge is 2.07. The molecule has 0 spiro atoms. The summed E-state index contributed by atoms with van der Waals surface area (Å²) in [5.41, 5.74) is 6.30. The lowest BCUT2D eigenvalue weighted by molar-refractivity contribution is -0.146. The Bertz CT molecular complexity index is 341. The van der Waals surface area contributed by atoms with E-state index in [0.717, 1.165) is 23.7 Å². The van der Waals surface area contributed by atoms with Crippen LogP contribution >= 0.6 is 12.6 Å². The second-order valence-corrected chi connectivity index (χ2v) is 5.14. The van der Waals surface area contributed by atoms with Crippen molar-refractivity contribution in [1.29, 1.82) is 0 Å². The first-order chi connectivity index (χ1) is 8.99. The van der Waals surface area contributed by atoms with E-state index in [1.165, 1.54) is 0 Å². The molecule has 1 aromatic carbocycles. The van der Waals surface area contributed by atoms with E-state index in [4.69, 9.17) is 10.5 Å². The summed E-state index contributed by atoms with van der Waals surface area (Å²) in [5.74, 6) is 1.40. The van der Waals surface area contributed by atoms with Crippen molar-refractivity contribution in [3.63, 3.8) is 0 Å². The zero-order valence-electron chi connectivity index (χ0n) is 12.0. The number of carbonyl (C=O) groups is 1. The zero-order valence-corrected chi connectivity index (χ0v) is 12.9. The third-order valence-corrected chi connectivity index (χ3v) is 2.96. The summed E-state index contributed by atoms with van der Waals surface area (Å²) >= 11 is 4.02. The van der Waals surface area contributed by atoms with E-state index in [2.05, 4.69) is 26.5 Å². The van der Waals surface area contributed by atoms with Crippen molar-refractivity contribution in [1.82, 2.24) is 0 Å². The molecule has 0 aliphatic heterocycles. The van der Waals surface area contributed by atoms with Gasteiger partial charge in [-0.3, -0.25) is 4.79 Å². The van der Waals surface area contributed by atoms with E-state index in [0.29, 0.717) is 0 Å². The molecule has 2 N–H and O–H groups in total. The summed E-state index contributed by atoms with van der Waals surface area (Å²) in [7, 11) is 0. The molecule has 1 rings (SSSR count). The molecular formula is C15H25NO2S. The molecule has 0 heterocycles. The fraction of sp³-hybridized carbons (Fsp3) is 0.533. The third kappa shape index (κ3) is 10.6. The molecule has 0 fully saturated rings. The quantitative estimate of drug-likeness (QED) is 0.645. The summed E-state index contributed by atoms with van der Waals surface area (Å²) in [5, 5.41) is 0. The predicted molar refractivity (Wildman–Crippen MR) is 83.4 cm³/mol. The van der Waals surface area contributed by atoms with E-state index >= 15 is 0 Å². The standard InChI is InChI=1S/C11H15NO2.C4H10S/c1-9(14-11(13)8-12)7-10-5-3-2-4-6-10;1-4(2)3-5/h2-6,9H,7-8,12H2,1H3;4-5H,3H2,1-2H3. The van der Waals surface area contributed by atoms with E-state index in [1.807, 2.05) is 37.3 Å². The minimum absolute atomic E-state index is 0.0564. The van der Waals surface area contributed by atoms with Crippen molar-refractivity contribution < 1.29 is 9.53 Å². The molecule has 1 aromatic rings. The van der Waals surface area contributed by atoms with Crippen LogP contribution in [0.4, 0.5) is 0 Å². The summed E-state index contributed by atoms with van der Waals surface area (Å²) in [6.45, 7) is 6.10. The van der Waals surface area contributed by atoms with E-state index in [1.54, 1.807) is 0 Å². The summed E-state index contributed by atoms with van der Waals surface area (Å²) in [4.78, 5) is 10.9. The van der Waals surface area contributed by atoms with Crippen LogP contribution in [0, 0.1) is 5.92 Å². The van der Waals surface area contributed by atoms with Gasteiger partial charge in [0.1, 0.15) is 6.10 Å². The van der Waals surface area contributed by atoms with Gasteiger partial charge < -0.3 is 10.5 Å². The number of benzene rings is 1. The Hall–Kier alpha value is -1.00. The van der Waals surface area contributed by atoms with Crippen molar-refractivity contribution in [2.45, 2.75) is 33.3 Å². The first-order valence-electron chi connectivity index (χ1n) is 6.53. The lowest BCUT2D eigenvalue weighted by Crippen LogP contribution is -2.23. The molecule has 0 aliphatic carbocycles. The van der Waals surface area contributed by atoms with Crippen LogP contribution in [0.25, 0.3) is 0 Å². The van der Waals surface area contributed by atoms with Crippen LogP contribution in [0.15, 0.2) is 30.3 Å². The number of ether oxygens (including phenoxy) is 1.